The molecule has 3 heterocycles. The second-order valence-electron chi connectivity index (χ2n) is 10.8. The van der Waals surface area contributed by atoms with Crippen molar-refractivity contribution in [2.75, 3.05) is 16.5 Å². The quantitative estimate of drug-likeness (QED) is 0.233. The lowest BCUT2D eigenvalue weighted by Gasteiger charge is -2.40. The molecule has 0 saturated carbocycles. The average molecular weight is 507 g/mol. The molecule has 1 N–H and O–H groups in total. The second kappa shape index (κ2) is 10.6. The van der Waals surface area contributed by atoms with Crippen molar-refractivity contribution in [2.45, 2.75) is 89.1 Å². The van der Waals surface area contributed by atoms with E-state index >= 15 is 0 Å². The molecule has 2 bridgehead atoms. The van der Waals surface area contributed by atoms with E-state index in [0.717, 1.165) is 23.2 Å². The van der Waals surface area contributed by atoms with Gasteiger partial charge in [0.25, 0.3) is 0 Å². The van der Waals surface area contributed by atoms with Gasteiger partial charge in [0, 0.05) is 22.5 Å². The van der Waals surface area contributed by atoms with Gasteiger partial charge in [-0.2, -0.15) is 0 Å². The number of benzene rings is 1. The second-order valence-corrected chi connectivity index (χ2v) is 16.2. The summed E-state index contributed by atoms with van der Waals surface area (Å²) in [6.07, 6.45) is 13.5. The lowest BCUT2D eigenvalue weighted by Crippen LogP contribution is -2.44. The van der Waals surface area contributed by atoms with E-state index in [1.807, 2.05) is 6.92 Å². The van der Waals surface area contributed by atoms with Crippen LogP contribution >= 0.6 is 8.44 Å². The van der Waals surface area contributed by atoms with Gasteiger partial charge in [0.2, 0.25) is 0 Å². The summed E-state index contributed by atoms with van der Waals surface area (Å²) in [5.41, 5.74) is 1.28. The Bertz CT molecular complexity index is 1050. The van der Waals surface area contributed by atoms with Crippen LogP contribution in [0.25, 0.3) is 0 Å². The number of thiol groups is 1. The molecule has 1 aromatic heterocycles. The number of nitrogens with one attached hydrogen (secondary N) is 1. The third kappa shape index (κ3) is 5.79. The van der Waals surface area contributed by atoms with Gasteiger partial charge in [0.05, 0.1) is 5.69 Å². The molecule has 5 nitrogen and oxygen atoms in total. The van der Waals surface area contributed by atoms with Crippen LogP contribution < -0.4 is 10.2 Å². The first-order valence-electron chi connectivity index (χ1n) is 12.7. The van der Waals surface area contributed by atoms with Crippen molar-refractivity contribution in [2.24, 2.45) is 11.8 Å². The molecule has 2 saturated heterocycles. The van der Waals surface area contributed by atoms with Crippen molar-refractivity contribution < 1.29 is 8.60 Å². The fourth-order valence-electron chi connectivity index (χ4n) is 5.69. The maximum Gasteiger partial charge on any atom is 0.147 e. The highest BCUT2D eigenvalue weighted by atomic mass is 32.8. The first kappa shape index (κ1) is 25.5. The van der Waals surface area contributed by atoms with Crippen molar-refractivity contribution in [3.05, 3.63) is 35.9 Å². The normalized spacial score (nSPS) is 22.9. The van der Waals surface area contributed by atoms with Crippen LogP contribution in [0.4, 0.5) is 21.7 Å². The monoisotopic (exact) mass is 506 g/mol. The summed E-state index contributed by atoms with van der Waals surface area (Å²) in [6.45, 7) is 6.64. The number of fused-ring (bicyclic) bond motifs is 2. The lowest BCUT2D eigenvalue weighted by atomic mass is 9.86. The number of piperidine rings is 1. The molecule has 4 rings (SSSR count). The largest absolute Gasteiger partial charge is 0.350 e. The summed E-state index contributed by atoms with van der Waals surface area (Å²) in [5, 5.41) is 3.15. The highest BCUT2D eigenvalue weighted by Crippen LogP contribution is 2.44. The van der Waals surface area contributed by atoms with Gasteiger partial charge in [-0.1, -0.05) is 57.5 Å². The van der Waals surface area contributed by atoms with Gasteiger partial charge in [0.15, 0.2) is 0 Å². The molecule has 1 aromatic carbocycles. The molecule has 2 fully saturated rings. The Morgan fingerprint density at radius 1 is 1.21 bits per heavy atom. The Hall–Kier alpha value is -1.59. The third-order valence-electron chi connectivity index (χ3n) is 7.50. The summed E-state index contributed by atoms with van der Waals surface area (Å²) >= 11 is 0. The van der Waals surface area contributed by atoms with Gasteiger partial charge < -0.3 is 10.2 Å². The molecule has 2 aromatic rings. The molecule has 0 amide bonds. The summed E-state index contributed by atoms with van der Waals surface area (Å²) in [5.74, 6) is 2.78. The van der Waals surface area contributed by atoms with Crippen LogP contribution in [0.1, 0.15) is 70.8 Å². The van der Waals surface area contributed by atoms with E-state index in [9.17, 15) is 8.60 Å². The van der Waals surface area contributed by atoms with E-state index in [1.165, 1.54) is 57.4 Å². The number of aromatic nitrogens is 2. The Balaban J connectivity index is 1.46. The SMILES string of the molecule is Cc1c(Nc2ccc([SH](C)(=O)P)cc2F)ncnc1N1C2CCC1CC(CCCCC(C)C)C2. The van der Waals surface area contributed by atoms with Gasteiger partial charge in [0.1, 0.15) is 23.8 Å². The van der Waals surface area contributed by atoms with E-state index in [-0.39, 0.29) is 0 Å². The fourth-order valence-corrected chi connectivity index (χ4v) is 6.92. The molecule has 2 aliphatic rings. The molecule has 34 heavy (non-hydrogen) atoms. The molecular weight excluding hydrogens is 466 g/mol. The smallest absolute Gasteiger partial charge is 0.147 e. The van der Waals surface area contributed by atoms with E-state index in [1.54, 1.807) is 24.7 Å². The Morgan fingerprint density at radius 3 is 2.53 bits per heavy atom. The number of hydrogen-bond acceptors (Lipinski definition) is 5. The minimum atomic E-state index is -2.59. The van der Waals surface area contributed by atoms with Crippen molar-refractivity contribution in [3.63, 3.8) is 0 Å². The maximum atomic E-state index is 14.8. The predicted octanol–water partition coefficient (Wildman–Crippen LogP) is 6.43. The van der Waals surface area contributed by atoms with Crippen LogP contribution in [0.3, 0.4) is 0 Å². The summed E-state index contributed by atoms with van der Waals surface area (Å²) < 4.78 is 27.0. The summed E-state index contributed by atoms with van der Waals surface area (Å²) in [7, 11) is -0.269. The first-order chi connectivity index (χ1) is 16.1. The fraction of sp³-hybridized carbons (Fsp3) is 0.615. The summed E-state index contributed by atoms with van der Waals surface area (Å²) in [6, 6.07) is 5.77. The van der Waals surface area contributed by atoms with Crippen LogP contribution in [0, 0.1) is 24.6 Å². The zero-order valence-electron chi connectivity index (χ0n) is 20.9. The predicted molar refractivity (Wildman–Crippen MR) is 145 cm³/mol. The van der Waals surface area contributed by atoms with Gasteiger partial charge >= 0.3 is 0 Å². The van der Waals surface area contributed by atoms with Crippen LogP contribution in [-0.4, -0.2) is 32.5 Å². The molecule has 0 aliphatic carbocycles. The Morgan fingerprint density at radius 2 is 1.91 bits per heavy atom. The van der Waals surface area contributed by atoms with Crippen LogP contribution in [-0.2, 0) is 9.55 Å². The van der Waals surface area contributed by atoms with E-state index < -0.39 is 15.4 Å². The van der Waals surface area contributed by atoms with E-state index in [0.29, 0.717) is 28.5 Å². The highest BCUT2D eigenvalue weighted by molar-refractivity contribution is 8.44. The molecule has 0 spiro atoms. The molecular formula is C26H40FN4OPS. The number of nitrogens with zero attached hydrogens (tertiary/aromatic N) is 3. The van der Waals surface area contributed by atoms with Crippen molar-refractivity contribution >= 4 is 35.3 Å². The number of rotatable bonds is 9. The molecule has 8 heteroatoms. The molecule has 3 unspecified atom stereocenters. The lowest BCUT2D eigenvalue weighted by molar-refractivity contribution is 0.309. The first-order valence-corrected chi connectivity index (χ1v) is 16.4. The van der Waals surface area contributed by atoms with Crippen LogP contribution in [0.2, 0.25) is 0 Å². The zero-order valence-corrected chi connectivity index (χ0v) is 23.0. The Kier molecular flexibility index (Phi) is 7.93. The third-order valence-corrected chi connectivity index (χ3v) is 9.69. The minimum Gasteiger partial charge on any atom is -0.350 e. The zero-order chi connectivity index (χ0) is 24.5. The van der Waals surface area contributed by atoms with Crippen LogP contribution in [0.5, 0.6) is 0 Å². The van der Waals surface area contributed by atoms with E-state index in [2.05, 4.69) is 42.5 Å². The topological polar surface area (TPSA) is 58.1 Å². The molecule has 2 aliphatic heterocycles. The summed E-state index contributed by atoms with van der Waals surface area (Å²) in [4.78, 5) is 12.1. The maximum absolute atomic E-state index is 14.8. The highest BCUT2D eigenvalue weighted by Gasteiger charge is 2.41. The van der Waals surface area contributed by atoms with E-state index in [4.69, 9.17) is 0 Å². The van der Waals surface area contributed by atoms with Crippen LogP contribution in [0.15, 0.2) is 29.4 Å². The average Bonchev–Trinajstić information content (AvgIpc) is 3.02. The number of anilines is 3. The Labute approximate surface area is 207 Å². The number of unbranched alkanes of at least 4 members (excludes halogenated alkanes) is 1. The van der Waals surface area contributed by atoms with Gasteiger partial charge in [-0.25, -0.2) is 14.4 Å². The number of halogens is 1. The molecule has 188 valence electrons. The van der Waals surface area contributed by atoms with Crippen molar-refractivity contribution in [1.29, 1.82) is 0 Å². The van der Waals surface area contributed by atoms with Gasteiger partial charge in [-0.15, -0.1) is 0 Å². The molecule has 3 atom stereocenters. The van der Waals surface area contributed by atoms with Gasteiger partial charge in [-0.05, 0) is 68.9 Å². The minimum absolute atomic E-state index is 0.332. The van der Waals surface area contributed by atoms with Crippen molar-refractivity contribution in [1.82, 2.24) is 9.97 Å². The van der Waals surface area contributed by atoms with Gasteiger partial charge in [-0.3, -0.25) is 4.21 Å². The standard InChI is InChI=1S/C26H40FN4OPS/c1-17(2)7-5-6-8-19-13-20-9-10-21(14-19)31(20)26-18(3)25(28-16-29-26)30-24-12-11-22(15-23(24)27)34(4,32)33/h11-12,15-17,19-21,34H,5-10,13-14,33H2,1-4H3,(H,28,29,30). The van der Waals surface area contributed by atoms with Crippen molar-refractivity contribution in [3.8, 4) is 0 Å². The molecule has 0 radical (unpaired) electrons. The number of hydrogen-bond donors (Lipinski definition) is 2.